The summed E-state index contributed by atoms with van der Waals surface area (Å²) in [6, 6.07) is 7.40. The summed E-state index contributed by atoms with van der Waals surface area (Å²) in [7, 11) is 0. The molecule has 0 aliphatic carbocycles. The molecule has 0 amide bonds. The summed E-state index contributed by atoms with van der Waals surface area (Å²) in [5.74, 6) is 0.418. The molecule has 3 heterocycles. The highest BCUT2D eigenvalue weighted by molar-refractivity contribution is 7.12. The van der Waals surface area contributed by atoms with Gasteiger partial charge in [0, 0.05) is 35.1 Å². The van der Waals surface area contributed by atoms with E-state index in [2.05, 4.69) is 9.98 Å². The lowest BCUT2D eigenvalue weighted by atomic mass is 10.2. The van der Waals surface area contributed by atoms with Crippen LogP contribution in [0.3, 0.4) is 0 Å². The molecule has 1 aliphatic heterocycles. The van der Waals surface area contributed by atoms with Gasteiger partial charge in [0.2, 0.25) is 5.84 Å². The fourth-order valence-electron chi connectivity index (χ4n) is 2.46. The predicted molar refractivity (Wildman–Crippen MR) is 96.0 cm³/mol. The number of rotatable bonds is 5. The van der Waals surface area contributed by atoms with Crippen LogP contribution in [0, 0.1) is 17.0 Å². The summed E-state index contributed by atoms with van der Waals surface area (Å²) in [6.07, 6.45) is 3.27. The lowest BCUT2D eigenvalue weighted by Crippen LogP contribution is -2.30. The highest BCUT2D eigenvalue weighted by Gasteiger charge is 2.29. The molecule has 0 saturated carbocycles. The Morgan fingerprint density at radius 2 is 2.29 bits per heavy atom. The van der Waals surface area contributed by atoms with Gasteiger partial charge in [-0.2, -0.15) is 0 Å². The summed E-state index contributed by atoms with van der Waals surface area (Å²) in [4.78, 5) is 23.4. The number of halogens is 1. The van der Waals surface area contributed by atoms with Crippen LogP contribution in [0.4, 0.5) is 0 Å². The Kier molecular flexibility index (Phi) is 4.92. The molecule has 2 aromatic rings. The second kappa shape index (κ2) is 7.11. The third-order valence-electron chi connectivity index (χ3n) is 3.56. The number of pyridine rings is 1. The molecule has 0 spiro atoms. The van der Waals surface area contributed by atoms with Gasteiger partial charge in [-0.05, 0) is 30.7 Å². The van der Waals surface area contributed by atoms with E-state index in [4.69, 9.17) is 11.6 Å². The minimum Gasteiger partial charge on any atom is -0.345 e. The first-order valence-electron chi connectivity index (χ1n) is 7.35. The zero-order valence-corrected chi connectivity index (χ0v) is 14.5. The summed E-state index contributed by atoms with van der Waals surface area (Å²) in [5, 5.41) is 12.0. The molecule has 3 rings (SSSR count). The lowest BCUT2D eigenvalue weighted by molar-refractivity contribution is -0.414. The van der Waals surface area contributed by atoms with Crippen LogP contribution >= 0.6 is 22.9 Å². The molecule has 6 nitrogen and oxygen atoms in total. The van der Waals surface area contributed by atoms with Crippen LogP contribution in [0.15, 0.2) is 41.2 Å². The van der Waals surface area contributed by atoms with Crippen molar-refractivity contribution in [2.75, 3.05) is 13.1 Å². The van der Waals surface area contributed by atoms with E-state index in [1.54, 1.807) is 18.3 Å². The van der Waals surface area contributed by atoms with E-state index in [-0.39, 0.29) is 10.6 Å². The second-order valence-corrected chi connectivity index (χ2v) is 7.06. The van der Waals surface area contributed by atoms with E-state index in [9.17, 15) is 10.1 Å². The van der Waals surface area contributed by atoms with Crippen LogP contribution in [0.25, 0.3) is 6.08 Å². The molecule has 0 atom stereocenters. The van der Waals surface area contributed by atoms with E-state index in [0.29, 0.717) is 30.6 Å². The van der Waals surface area contributed by atoms with E-state index in [1.165, 1.54) is 11.3 Å². The molecule has 2 aromatic heterocycles. The minimum atomic E-state index is -0.369. The fourth-order valence-corrected chi connectivity index (χ4v) is 3.39. The Bertz CT molecular complexity index is 814. The Balaban J connectivity index is 1.85. The average Bonchev–Trinajstić information content (AvgIpc) is 3.16. The quantitative estimate of drug-likeness (QED) is 0.462. The summed E-state index contributed by atoms with van der Waals surface area (Å²) < 4.78 is 0. The molecule has 24 heavy (non-hydrogen) atoms. The number of nitrogens with zero attached hydrogens (tertiary/aromatic N) is 4. The van der Waals surface area contributed by atoms with Crippen LogP contribution in [-0.4, -0.2) is 33.7 Å². The van der Waals surface area contributed by atoms with Crippen LogP contribution in [0.5, 0.6) is 0 Å². The monoisotopic (exact) mass is 362 g/mol. The summed E-state index contributed by atoms with van der Waals surface area (Å²) in [5.41, 5.74) is 0.958. The van der Waals surface area contributed by atoms with Crippen molar-refractivity contribution in [3.05, 3.63) is 66.7 Å². The molecule has 0 bridgehead atoms. The van der Waals surface area contributed by atoms with Crippen LogP contribution in [0.1, 0.15) is 15.3 Å². The van der Waals surface area contributed by atoms with Crippen molar-refractivity contribution in [1.29, 1.82) is 0 Å². The molecule has 124 valence electrons. The molecular formula is C16H15ClN4O2S. The van der Waals surface area contributed by atoms with Crippen molar-refractivity contribution < 1.29 is 4.92 Å². The molecule has 0 N–H and O–H groups in total. The van der Waals surface area contributed by atoms with Crippen LogP contribution < -0.4 is 0 Å². The van der Waals surface area contributed by atoms with Gasteiger partial charge in [0.05, 0.1) is 11.5 Å². The number of nitro groups is 1. The molecule has 8 heteroatoms. The lowest BCUT2D eigenvalue weighted by Gasteiger charge is -2.18. The maximum atomic E-state index is 11.5. The molecule has 0 radical (unpaired) electrons. The number of hydrogen-bond acceptors (Lipinski definition) is 6. The van der Waals surface area contributed by atoms with Gasteiger partial charge in [0.25, 0.3) is 0 Å². The van der Waals surface area contributed by atoms with E-state index in [0.717, 1.165) is 15.3 Å². The van der Waals surface area contributed by atoms with Gasteiger partial charge in [-0.25, -0.2) is 4.98 Å². The normalized spacial score (nSPS) is 14.8. The van der Waals surface area contributed by atoms with Gasteiger partial charge in [-0.1, -0.05) is 17.7 Å². The maximum Gasteiger partial charge on any atom is 0.312 e. The van der Waals surface area contributed by atoms with Crippen molar-refractivity contribution >= 4 is 34.8 Å². The highest BCUT2D eigenvalue weighted by Crippen LogP contribution is 2.22. The van der Waals surface area contributed by atoms with Gasteiger partial charge in [0.15, 0.2) is 0 Å². The average molecular weight is 363 g/mol. The van der Waals surface area contributed by atoms with Gasteiger partial charge in [-0.3, -0.25) is 15.1 Å². The zero-order valence-electron chi connectivity index (χ0n) is 13.0. The van der Waals surface area contributed by atoms with E-state index < -0.39 is 0 Å². The molecule has 0 fully saturated rings. The first-order chi connectivity index (χ1) is 11.5. The second-order valence-electron chi connectivity index (χ2n) is 5.35. The van der Waals surface area contributed by atoms with Gasteiger partial charge >= 0.3 is 5.70 Å². The smallest absolute Gasteiger partial charge is 0.312 e. The number of aryl methyl sites for hydroxylation is 1. The first-order valence-corrected chi connectivity index (χ1v) is 8.55. The first kappa shape index (κ1) is 16.6. The number of aromatic nitrogens is 1. The Hall–Kier alpha value is -2.25. The van der Waals surface area contributed by atoms with E-state index >= 15 is 0 Å². The fraction of sp³-hybridized carbons (Fsp3) is 0.250. The van der Waals surface area contributed by atoms with Crippen molar-refractivity contribution in [2.45, 2.75) is 13.5 Å². The number of thiophene rings is 1. The Morgan fingerprint density at radius 3 is 2.92 bits per heavy atom. The van der Waals surface area contributed by atoms with Crippen LogP contribution in [-0.2, 0) is 6.54 Å². The SMILES string of the molecule is Cc1ccc(/C=C(/C2=NCCN2Cc2ccc(Cl)nc2)[N+](=O)[O-])s1. The number of aliphatic imine (C=N–C) groups is 1. The van der Waals surface area contributed by atoms with Crippen molar-refractivity contribution in [3.8, 4) is 0 Å². The molecule has 1 aliphatic rings. The Labute approximate surface area is 148 Å². The summed E-state index contributed by atoms with van der Waals surface area (Å²) >= 11 is 7.32. The standard InChI is InChI=1S/C16H15ClN4O2S/c1-11-2-4-13(24-11)8-14(21(22)23)16-18-6-7-20(16)10-12-3-5-15(17)19-9-12/h2-5,8-9H,6-7,10H2,1H3/b14-8-. The van der Waals surface area contributed by atoms with Crippen molar-refractivity contribution in [3.63, 3.8) is 0 Å². The minimum absolute atomic E-state index is 0.0243. The van der Waals surface area contributed by atoms with Gasteiger partial charge in [0.1, 0.15) is 5.15 Å². The third-order valence-corrected chi connectivity index (χ3v) is 4.73. The molecule has 0 unspecified atom stereocenters. The highest BCUT2D eigenvalue weighted by atomic mass is 35.5. The van der Waals surface area contributed by atoms with Crippen molar-refractivity contribution in [2.24, 2.45) is 4.99 Å². The third kappa shape index (κ3) is 3.80. The number of hydrogen-bond donors (Lipinski definition) is 0. The molecule has 0 aromatic carbocycles. The maximum absolute atomic E-state index is 11.5. The van der Waals surface area contributed by atoms with Crippen LogP contribution in [0.2, 0.25) is 5.15 Å². The van der Waals surface area contributed by atoms with Gasteiger partial charge < -0.3 is 4.90 Å². The van der Waals surface area contributed by atoms with Gasteiger partial charge in [-0.15, -0.1) is 11.3 Å². The molecule has 0 saturated heterocycles. The zero-order chi connectivity index (χ0) is 17.1. The molecular weight excluding hydrogens is 348 g/mol. The number of amidine groups is 1. The van der Waals surface area contributed by atoms with E-state index in [1.807, 2.05) is 30.0 Å². The predicted octanol–water partition coefficient (Wildman–Crippen LogP) is 3.64. The summed E-state index contributed by atoms with van der Waals surface area (Å²) in [6.45, 7) is 3.68. The van der Waals surface area contributed by atoms with Crippen molar-refractivity contribution in [1.82, 2.24) is 9.88 Å². The Morgan fingerprint density at radius 1 is 1.46 bits per heavy atom. The largest absolute Gasteiger partial charge is 0.345 e. The topological polar surface area (TPSA) is 71.6 Å².